The molecule has 2 amide bonds. The van der Waals surface area contributed by atoms with E-state index in [1.54, 1.807) is 30.1 Å². The van der Waals surface area contributed by atoms with Crippen LogP contribution in [0.1, 0.15) is 16.8 Å². The number of carbonyl (C=O) groups is 2. The van der Waals surface area contributed by atoms with Gasteiger partial charge in [-0.3, -0.25) is 9.59 Å². The number of hydrogen-bond acceptors (Lipinski definition) is 3. The SMILES string of the molecule is CNC(=O)c1ccc(Cl)cc1N1CC(S)CC1=O. The molecule has 0 radical (unpaired) electrons. The summed E-state index contributed by atoms with van der Waals surface area (Å²) in [6.07, 6.45) is 0.378. The Bertz CT molecular complexity index is 507. The molecule has 2 rings (SSSR count). The molecular formula is C12H13ClN2O2S. The molecule has 1 fully saturated rings. The van der Waals surface area contributed by atoms with Crippen LogP contribution in [0, 0.1) is 0 Å². The van der Waals surface area contributed by atoms with Crippen LogP contribution in [0.25, 0.3) is 0 Å². The summed E-state index contributed by atoms with van der Waals surface area (Å²) in [4.78, 5) is 25.2. The lowest BCUT2D eigenvalue weighted by Gasteiger charge is -2.19. The van der Waals surface area contributed by atoms with Crippen molar-refractivity contribution in [1.82, 2.24) is 5.32 Å². The fourth-order valence-electron chi connectivity index (χ4n) is 1.98. The van der Waals surface area contributed by atoms with E-state index in [2.05, 4.69) is 17.9 Å². The third-order valence-electron chi connectivity index (χ3n) is 2.83. The van der Waals surface area contributed by atoms with Crippen LogP contribution in [-0.2, 0) is 4.79 Å². The fraction of sp³-hybridized carbons (Fsp3) is 0.333. The summed E-state index contributed by atoms with van der Waals surface area (Å²) in [6, 6.07) is 4.89. The molecule has 96 valence electrons. The van der Waals surface area contributed by atoms with Crippen molar-refractivity contribution >= 4 is 41.7 Å². The number of nitrogens with one attached hydrogen (secondary N) is 1. The van der Waals surface area contributed by atoms with E-state index in [9.17, 15) is 9.59 Å². The van der Waals surface area contributed by atoms with Gasteiger partial charge in [-0.05, 0) is 18.2 Å². The van der Waals surface area contributed by atoms with E-state index >= 15 is 0 Å². The van der Waals surface area contributed by atoms with Crippen LogP contribution in [0.15, 0.2) is 18.2 Å². The molecule has 0 aliphatic carbocycles. The average molecular weight is 285 g/mol. The number of benzene rings is 1. The highest BCUT2D eigenvalue weighted by molar-refractivity contribution is 7.81. The number of thiol groups is 1. The van der Waals surface area contributed by atoms with E-state index in [4.69, 9.17) is 11.6 Å². The minimum atomic E-state index is -0.239. The normalized spacial score (nSPS) is 19.2. The average Bonchev–Trinajstić information content (AvgIpc) is 2.67. The van der Waals surface area contributed by atoms with Crippen molar-refractivity contribution in [2.75, 3.05) is 18.5 Å². The number of carbonyl (C=O) groups excluding carboxylic acids is 2. The zero-order valence-corrected chi connectivity index (χ0v) is 11.5. The molecule has 0 aromatic heterocycles. The summed E-state index contributed by atoms with van der Waals surface area (Å²) in [5, 5.41) is 3.04. The van der Waals surface area contributed by atoms with Gasteiger partial charge in [0, 0.05) is 30.3 Å². The lowest BCUT2D eigenvalue weighted by Crippen LogP contribution is -2.28. The number of hydrogen-bond donors (Lipinski definition) is 2. The maximum absolute atomic E-state index is 11.9. The molecule has 1 aromatic carbocycles. The largest absolute Gasteiger partial charge is 0.355 e. The topological polar surface area (TPSA) is 49.4 Å². The van der Waals surface area contributed by atoms with Gasteiger partial charge in [0.05, 0.1) is 11.3 Å². The van der Waals surface area contributed by atoms with Gasteiger partial charge in [0.2, 0.25) is 5.91 Å². The molecule has 1 atom stereocenters. The van der Waals surface area contributed by atoms with Crippen LogP contribution in [0.2, 0.25) is 5.02 Å². The van der Waals surface area contributed by atoms with Crippen molar-refractivity contribution in [3.05, 3.63) is 28.8 Å². The molecule has 4 nitrogen and oxygen atoms in total. The van der Waals surface area contributed by atoms with Crippen molar-refractivity contribution in [1.29, 1.82) is 0 Å². The number of rotatable bonds is 2. The van der Waals surface area contributed by atoms with Gasteiger partial charge in [-0.2, -0.15) is 12.6 Å². The van der Waals surface area contributed by atoms with Gasteiger partial charge in [-0.25, -0.2) is 0 Å². The van der Waals surface area contributed by atoms with Crippen LogP contribution in [-0.4, -0.2) is 30.7 Å². The zero-order valence-electron chi connectivity index (χ0n) is 9.81. The maximum Gasteiger partial charge on any atom is 0.253 e. The second kappa shape index (κ2) is 5.20. The molecule has 0 saturated carbocycles. The summed E-state index contributed by atoms with van der Waals surface area (Å²) in [6.45, 7) is 0.492. The van der Waals surface area contributed by atoms with Gasteiger partial charge < -0.3 is 10.2 Å². The molecule has 0 bridgehead atoms. The van der Waals surface area contributed by atoms with Crippen LogP contribution in [0.3, 0.4) is 0 Å². The summed E-state index contributed by atoms with van der Waals surface area (Å²) in [7, 11) is 1.55. The molecule has 1 aliphatic heterocycles. The Morgan fingerprint density at radius 2 is 2.28 bits per heavy atom. The lowest BCUT2D eigenvalue weighted by molar-refractivity contribution is -0.117. The first kappa shape index (κ1) is 13.2. The Kier molecular flexibility index (Phi) is 3.82. The minimum Gasteiger partial charge on any atom is -0.355 e. The molecule has 6 heteroatoms. The van der Waals surface area contributed by atoms with Crippen molar-refractivity contribution in [3.63, 3.8) is 0 Å². The highest BCUT2D eigenvalue weighted by Gasteiger charge is 2.30. The van der Waals surface area contributed by atoms with E-state index in [-0.39, 0.29) is 17.1 Å². The number of halogens is 1. The molecule has 1 saturated heterocycles. The van der Waals surface area contributed by atoms with Crippen molar-refractivity contribution < 1.29 is 9.59 Å². The number of anilines is 1. The molecule has 1 heterocycles. The third kappa shape index (κ3) is 2.47. The van der Waals surface area contributed by atoms with E-state index < -0.39 is 0 Å². The van der Waals surface area contributed by atoms with Gasteiger partial charge in [-0.1, -0.05) is 11.6 Å². The predicted molar refractivity (Wildman–Crippen MR) is 74.6 cm³/mol. The molecule has 0 spiro atoms. The second-order valence-corrected chi connectivity index (χ2v) is 5.27. The van der Waals surface area contributed by atoms with Crippen molar-refractivity contribution in [3.8, 4) is 0 Å². The Hall–Kier alpha value is -1.20. The first-order valence-corrected chi connectivity index (χ1v) is 6.42. The zero-order chi connectivity index (χ0) is 13.3. The number of amides is 2. The van der Waals surface area contributed by atoms with Crippen LogP contribution >= 0.6 is 24.2 Å². The van der Waals surface area contributed by atoms with Gasteiger partial charge in [0.15, 0.2) is 0 Å². The molecule has 18 heavy (non-hydrogen) atoms. The Labute approximate surface area is 116 Å². The van der Waals surface area contributed by atoms with Gasteiger partial charge in [0.25, 0.3) is 5.91 Å². The van der Waals surface area contributed by atoms with E-state index in [0.717, 1.165) is 0 Å². The van der Waals surface area contributed by atoms with Crippen LogP contribution < -0.4 is 10.2 Å². The molecule has 1 aromatic rings. The molecular weight excluding hydrogens is 272 g/mol. The maximum atomic E-state index is 11.9. The highest BCUT2D eigenvalue weighted by Crippen LogP contribution is 2.29. The predicted octanol–water partition coefficient (Wildman–Crippen LogP) is 1.73. The lowest BCUT2D eigenvalue weighted by atomic mass is 10.1. The van der Waals surface area contributed by atoms with E-state index in [1.165, 1.54) is 0 Å². The molecule has 1 unspecified atom stereocenters. The minimum absolute atomic E-state index is 0.00554. The van der Waals surface area contributed by atoms with Gasteiger partial charge in [0.1, 0.15) is 0 Å². The number of nitrogens with zero attached hydrogens (tertiary/aromatic N) is 1. The van der Waals surface area contributed by atoms with Crippen molar-refractivity contribution in [2.45, 2.75) is 11.7 Å². The quantitative estimate of drug-likeness (QED) is 0.813. The summed E-state index contributed by atoms with van der Waals surface area (Å²) >= 11 is 10.2. The highest BCUT2D eigenvalue weighted by atomic mass is 35.5. The fourth-order valence-corrected chi connectivity index (χ4v) is 2.46. The summed E-state index contributed by atoms with van der Waals surface area (Å²) < 4.78 is 0. The second-order valence-electron chi connectivity index (χ2n) is 4.10. The monoisotopic (exact) mass is 284 g/mol. The van der Waals surface area contributed by atoms with E-state index in [0.29, 0.717) is 29.2 Å². The summed E-state index contributed by atoms with van der Waals surface area (Å²) in [5.41, 5.74) is 0.987. The summed E-state index contributed by atoms with van der Waals surface area (Å²) in [5.74, 6) is -0.278. The Balaban J connectivity index is 2.45. The van der Waals surface area contributed by atoms with E-state index in [1.807, 2.05) is 0 Å². The first-order chi connectivity index (χ1) is 8.52. The Morgan fingerprint density at radius 1 is 1.56 bits per heavy atom. The van der Waals surface area contributed by atoms with Crippen molar-refractivity contribution in [2.24, 2.45) is 0 Å². The Morgan fingerprint density at radius 3 is 2.83 bits per heavy atom. The van der Waals surface area contributed by atoms with Crippen LogP contribution in [0.5, 0.6) is 0 Å². The first-order valence-electron chi connectivity index (χ1n) is 5.53. The molecule has 1 N–H and O–H groups in total. The molecule has 1 aliphatic rings. The smallest absolute Gasteiger partial charge is 0.253 e. The third-order valence-corrected chi connectivity index (χ3v) is 3.41. The van der Waals surface area contributed by atoms with Gasteiger partial charge >= 0.3 is 0 Å². The van der Waals surface area contributed by atoms with Gasteiger partial charge in [-0.15, -0.1) is 0 Å². The standard InChI is InChI=1S/C12H13ClN2O2S/c1-14-12(17)9-3-2-7(13)4-10(9)15-6-8(18)5-11(15)16/h2-4,8,18H,5-6H2,1H3,(H,14,17). The van der Waals surface area contributed by atoms with Crippen LogP contribution in [0.4, 0.5) is 5.69 Å².